The number of aryl methyl sites for hydroxylation is 1. The minimum absolute atomic E-state index is 0.0477. The molecule has 0 amide bonds. The maximum absolute atomic E-state index is 10.5. The fourth-order valence-electron chi connectivity index (χ4n) is 1.62. The average Bonchev–Trinajstić information content (AvgIpc) is 2.85. The summed E-state index contributed by atoms with van der Waals surface area (Å²) in [7, 11) is 0. The second-order valence-corrected chi connectivity index (χ2v) is 3.78. The Labute approximate surface area is 103 Å². The summed E-state index contributed by atoms with van der Waals surface area (Å²) in [6, 6.07) is 9.74. The van der Waals surface area contributed by atoms with Crippen molar-refractivity contribution in [3.63, 3.8) is 0 Å². The lowest BCUT2D eigenvalue weighted by Gasteiger charge is -1.97. The molecule has 0 saturated carbocycles. The van der Waals surface area contributed by atoms with Gasteiger partial charge in [-0.15, -0.1) is 0 Å². The molecule has 0 aliphatic rings. The van der Waals surface area contributed by atoms with Crippen LogP contribution in [0, 0.1) is 10.1 Å². The maximum Gasteiger partial charge on any atom is 0.269 e. The van der Waals surface area contributed by atoms with Gasteiger partial charge >= 0.3 is 0 Å². The highest BCUT2D eigenvalue weighted by Crippen LogP contribution is 2.24. The molecule has 5 nitrogen and oxygen atoms in total. The van der Waals surface area contributed by atoms with Crippen molar-refractivity contribution in [2.45, 2.75) is 12.8 Å². The Bertz CT molecular complexity index is 557. The van der Waals surface area contributed by atoms with E-state index in [1.54, 1.807) is 24.3 Å². The first kappa shape index (κ1) is 12.0. The topological polar surface area (TPSA) is 73.3 Å². The van der Waals surface area contributed by atoms with Gasteiger partial charge in [0.05, 0.1) is 4.92 Å². The van der Waals surface area contributed by atoms with E-state index in [1.807, 2.05) is 0 Å². The smallest absolute Gasteiger partial charge is 0.269 e. The zero-order chi connectivity index (χ0) is 13.0. The number of nitro benzene ring substituents is 1. The highest BCUT2D eigenvalue weighted by Gasteiger charge is 2.08. The molecule has 2 aromatic rings. The molecule has 0 spiro atoms. The summed E-state index contributed by atoms with van der Waals surface area (Å²) in [6.07, 6.45) is 1.83. The highest BCUT2D eigenvalue weighted by atomic mass is 16.6. The lowest BCUT2D eigenvalue weighted by Crippen LogP contribution is -1.86. The van der Waals surface area contributed by atoms with Crippen LogP contribution in [0.1, 0.15) is 12.2 Å². The van der Waals surface area contributed by atoms with E-state index in [0.29, 0.717) is 18.6 Å². The molecule has 0 bridgehead atoms. The number of hydrogen-bond acceptors (Lipinski definition) is 4. The molecule has 0 radical (unpaired) electrons. The van der Waals surface area contributed by atoms with Crippen LogP contribution in [0.5, 0.6) is 0 Å². The van der Waals surface area contributed by atoms with Crippen molar-refractivity contribution < 1.29 is 14.1 Å². The second-order valence-electron chi connectivity index (χ2n) is 3.78. The summed E-state index contributed by atoms with van der Waals surface area (Å²) in [5, 5.41) is 10.5. The second kappa shape index (κ2) is 5.27. The van der Waals surface area contributed by atoms with Crippen molar-refractivity contribution in [1.29, 1.82) is 0 Å². The van der Waals surface area contributed by atoms with Crippen molar-refractivity contribution in [2.24, 2.45) is 0 Å². The van der Waals surface area contributed by atoms with Crippen molar-refractivity contribution in [3.8, 4) is 11.3 Å². The number of furan rings is 1. The number of carbonyl (C=O) groups is 1. The van der Waals surface area contributed by atoms with E-state index in [0.717, 1.165) is 17.6 Å². The molecule has 0 atom stereocenters. The first-order valence-electron chi connectivity index (χ1n) is 5.48. The summed E-state index contributed by atoms with van der Waals surface area (Å²) in [4.78, 5) is 20.3. The Balaban J connectivity index is 2.18. The molecule has 1 heterocycles. The fourth-order valence-corrected chi connectivity index (χ4v) is 1.62. The third-order valence-electron chi connectivity index (χ3n) is 2.53. The Kier molecular flexibility index (Phi) is 3.52. The first-order valence-corrected chi connectivity index (χ1v) is 5.48. The van der Waals surface area contributed by atoms with Gasteiger partial charge < -0.3 is 9.21 Å². The molecular weight excluding hydrogens is 234 g/mol. The van der Waals surface area contributed by atoms with Crippen LogP contribution >= 0.6 is 0 Å². The number of benzene rings is 1. The maximum atomic E-state index is 10.5. The largest absolute Gasteiger partial charge is 0.461 e. The van der Waals surface area contributed by atoms with E-state index in [4.69, 9.17) is 4.42 Å². The van der Waals surface area contributed by atoms with E-state index in [-0.39, 0.29) is 5.69 Å². The standard InChI is InChI=1S/C13H11NO4/c15-9-1-2-12-7-8-13(18-12)10-3-5-11(6-4-10)14(16)17/h3-9H,1-2H2. The monoisotopic (exact) mass is 245 g/mol. The van der Waals surface area contributed by atoms with Crippen LogP contribution in [0.25, 0.3) is 11.3 Å². The number of hydrogen-bond donors (Lipinski definition) is 0. The van der Waals surface area contributed by atoms with Crippen molar-refractivity contribution >= 4 is 12.0 Å². The zero-order valence-corrected chi connectivity index (χ0v) is 9.54. The van der Waals surface area contributed by atoms with Crippen molar-refractivity contribution in [2.75, 3.05) is 0 Å². The molecule has 1 aromatic heterocycles. The Morgan fingerprint density at radius 2 is 1.89 bits per heavy atom. The Hall–Kier alpha value is -2.43. The number of non-ortho nitro benzene ring substituents is 1. The van der Waals surface area contributed by atoms with Gasteiger partial charge in [-0.3, -0.25) is 10.1 Å². The highest BCUT2D eigenvalue weighted by molar-refractivity contribution is 5.59. The summed E-state index contributed by atoms with van der Waals surface area (Å²) in [5.74, 6) is 1.38. The molecule has 2 rings (SSSR count). The predicted octanol–water partition coefficient (Wildman–Crippen LogP) is 2.99. The van der Waals surface area contributed by atoms with Crippen LogP contribution in [0.15, 0.2) is 40.8 Å². The number of nitro groups is 1. The van der Waals surface area contributed by atoms with E-state index in [1.165, 1.54) is 12.1 Å². The van der Waals surface area contributed by atoms with Crippen LogP contribution in [0.2, 0.25) is 0 Å². The average molecular weight is 245 g/mol. The van der Waals surface area contributed by atoms with E-state index >= 15 is 0 Å². The van der Waals surface area contributed by atoms with Crippen LogP contribution in [-0.2, 0) is 11.2 Å². The zero-order valence-electron chi connectivity index (χ0n) is 9.54. The Morgan fingerprint density at radius 1 is 1.17 bits per heavy atom. The number of aldehydes is 1. The van der Waals surface area contributed by atoms with Gasteiger partial charge in [-0.05, 0) is 24.3 Å². The van der Waals surface area contributed by atoms with Gasteiger partial charge in [0.15, 0.2) is 0 Å². The minimum Gasteiger partial charge on any atom is -0.461 e. The molecule has 0 aliphatic carbocycles. The molecule has 0 N–H and O–H groups in total. The minimum atomic E-state index is -0.443. The summed E-state index contributed by atoms with van der Waals surface area (Å²) < 4.78 is 5.54. The van der Waals surface area contributed by atoms with Gasteiger partial charge in [0.2, 0.25) is 0 Å². The van der Waals surface area contributed by atoms with E-state index in [9.17, 15) is 14.9 Å². The number of rotatable bonds is 5. The molecular formula is C13H11NO4. The van der Waals surface area contributed by atoms with Gasteiger partial charge in [0, 0.05) is 30.5 Å². The predicted molar refractivity (Wildman–Crippen MR) is 65.2 cm³/mol. The third-order valence-corrected chi connectivity index (χ3v) is 2.53. The van der Waals surface area contributed by atoms with Gasteiger partial charge in [-0.1, -0.05) is 0 Å². The van der Waals surface area contributed by atoms with Gasteiger partial charge in [-0.25, -0.2) is 0 Å². The van der Waals surface area contributed by atoms with E-state index < -0.39 is 4.92 Å². The van der Waals surface area contributed by atoms with Crippen LogP contribution < -0.4 is 0 Å². The Morgan fingerprint density at radius 3 is 2.50 bits per heavy atom. The molecule has 0 unspecified atom stereocenters. The molecule has 0 saturated heterocycles. The van der Waals surface area contributed by atoms with Crippen LogP contribution in [0.4, 0.5) is 5.69 Å². The molecule has 18 heavy (non-hydrogen) atoms. The number of carbonyl (C=O) groups excluding carboxylic acids is 1. The number of nitrogens with zero attached hydrogens (tertiary/aromatic N) is 1. The molecule has 0 fully saturated rings. The SMILES string of the molecule is O=CCCc1ccc(-c2ccc([N+](=O)[O-])cc2)o1. The molecule has 92 valence electrons. The van der Waals surface area contributed by atoms with Gasteiger partial charge in [0.25, 0.3) is 5.69 Å². The summed E-state index contributed by atoms with van der Waals surface area (Å²) >= 11 is 0. The molecule has 5 heteroatoms. The van der Waals surface area contributed by atoms with Gasteiger partial charge in [-0.2, -0.15) is 0 Å². The third kappa shape index (κ3) is 2.63. The van der Waals surface area contributed by atoms with Gasteiger partial charge in [0.1, 0.15) is 17.8 Å². The summed E-state index contributed by atoms with van der Waals surface area (Å²) in [5.41, 5.74) is 0.824. The molecule has 0 aliphatic heterocycles. The lowest BCUT2D eigenvalue weighted by atomic mass is 10.1. The van der Waals surface area contributed by atoms with Crippen LogP contribution in [0.3, 0.4) is 0 Å². The van der Waals surface area contributed by atoms with E-state index in [2.05, 4.69) is 0 Å². The first-order chi connectivity index (χ1) is 8.70. The summed E-state index contributed by atoms with van der Waals surface area (Å²) in [6.45, 7) is 0. The lowest BCUT2D eigenvalue weighted by molar-refractivity contribution is -0.384. The van der Waals surface area contributed by atoms with Crippen molar-refractivity contribution in [1.82, 2.24) is 0 Å². The quantitative estimate of drug-likeness (QED) is 0.461. The fraction of sp³-hybridized carbons (Fsp3) is 0.154. The molecule has 1 aromatic carbocycles. The van der Waals surface area contributed by atoms with Crippen molar-refractivity contribution in [3.05, 3.63) is 52.3 Å². The normalized spacial score (nSPS) is 10.2. The van der Waals surface area contributed by atoms with Crippen LogP contribution in [-0.4, -0.2) is 11.2 Å².